The Bertz CT molecular complexity index is 419. The van der Waals surface area contributed by atoms with Crippen LogP contribution in [0.25, 0.3) is 0 Å². The van der Waals surface area contributed by atoms with E-state index in [9.17, 15) is 4.39 Å². The second-order valence-electron chi connectivity index (χ2n) is 3.14. The fourth-order valence-corrected chi connectivity index (χ4v) is 1.21. The van der Waals surface area contributed by atoms with Gasteiger partial charge in [-0.2, -0.15) is 18.2 Å². The molecule has 0 unspecified atom stereocenters. The van der Waals surface area contributed by atoms with E-state index in [0.29, 0.717) is 12.4 Å². The number of rotatable bonds is 3. The summed E-state index contributed by atoms with van der Waals surface area (Å²) in [6.45, 7) is 0.431. The van der Waals surface area contributed by atoms with E-state index >= 15 is 0 Å². The molecule has 84 valence electrons. The summed E-state index contributed by atoms with van der Waals surface area (Å²) in [6.07, 6.45) is 0. The summed E-state index contributed by atoms with van der Waals surface area (Å²) in [7, 11) is 0. The summed E-state index contributed by atoms with van der Waals surface area (Å²) in [5.41, 5.74) is 0.939. The third kappa shape index (κ3) is 5.52. The van der Waals surface area contributed by atoms with E-state index in [1.165, 1.54) is 12.1 Å². The monoisotopic (exact) mass is 304 g/mol. The maximum atomic E-state index is 12.6. The first kappa shape index (κ1) is 16.4. The molecule has 0 saturated heterocycles. The molecule has 0 bridgehead atoms. The minimum absolute atomic E-state index is 0. The molecular formula is C13H10BrFMgO. The number of hydrogen-bond donors (Lipinski definition) is 0. The van der Waals surface area contributed by atoms with Crippen LogP contribution in [0, 0.1) is 11.9 Å². The maximum absolute atomic E-state index is 12.6. The molecule has 0 spiro atoms. The average molecular weight is 305 g/mol. The van der Waals surface area contributed by atoms with Gasteiger partial charge in [0.25, 0.3) is 0 Å². The van der Waals surface area contributed by atoms with Crippen LogP contribution in [0.3, 0.4) is 0 Å². The Balaban J connectivity index is 0.00000128. The molecule has 0 atom stereocenters. The number of ether oxygens (including phenoxy) is 1. The number of benzene rings is 2. The van der Waals surface area contributed by atoms with Gasteiger partial charge < -0.3 is 21.7 Å². The molecule has 0 aliphatic heterocycles. The fourth-order valence-electron chi connectivity index (χ4n) is 1.21. The van der Waals surface area contributed by atoms with Crippen molar-refractivity contribution in [3.63, 3.8) is 0 Å². The average Bonchev–Trinajstić information content (AvgIpc) is 2.30. The molecule has 0 N–H and O–H groups in total. The molecule has 0 saturated carbocycles. The van der Waals surface area contributed by atoms with Gasteiger partial charge in [-0.05, 0) is 17.7 Å². The molecule has 0 heterocycles. The van der Waals surface area contributed by atoms with E-state index in [2.05, 4.69) is 6.07 Å². The van der Waals surface area contributed by atoms with Crippen molar-refractivity contribution < 1.29 is 26.1 Å². The van der Waals surface area contributed by atoms with Crippen molar-refractivity contribution in [3.05, 3.63) is 66.0 Å². The molecule has 0 fully saturated rings. The Labute approximate surface area is 127 Å². The van der Waals surface area contributed by atoms with Crippen LogP contribution in [0.2, 0.25) is 0 Å². The van der Waals surface area contributed by atoms with Gasteiger partial charge in [-0.25, -0.2) is 4.39 Å². The molecular weight excluding hydrogens is 295 g/mol. The molecule has 0 aromatic heterocycles. The molecule has 17 heavy (non-hydrogen) atoms. The van der Waals surface area contributed by atoms with E-state index in [1.807, 2.05) is 18.2 Å². The van der Waals surface area contributed by atoms with Gasteiger partial charge >= 0.3 is 23.1 Å². The van der Waals surface area contributed by atoms with Gasteiger partial charge in [0, 0.05) is 5.75 Å². The minimum Gasteiger partial charge on any atom is -1.00 e. The van der Waals surface area contributed by atoms with Crippen molar-refractivity contribution in [1.29, 1.82) is 0 Å². The quantitative estimate of drug-likeness (QED) is 0.565. The third-order valence-corrected chi connectivity index (χ3v) is 1.99. The second kappa shape index (κ2) is 8.50. The Morgan fingerprint density at radius 3 is 2.35 bits per heavy atom. The summed E-state index contributed by atoms with van der Waals surface area (Å²) in [5.74, 6) is 0.465. The first-order chi connectivity index (χ1) is 7.34. The van der Waals surface area contributed by atoms with E-state index in [-0.39, 0.29) is 45.9 Å². The number of para-hydroxylation sites is 1. The molecule has 0 aliphatic carbocycles. The largest absolute Gasteiger partial charge is 2.00 e. The van der Waals surface area contributed by atoms with Crippen LogP contribution in [0.4, 0.5) is 4.39 Å². The first-order valence-electron chi connectivity index (χ1n) is 4.68. The van der Waals surface area contributed by atoms with Crippen LogP contribution >= 0.6 is 0 Å². The molecule has 0 amide bonds. The van der Waals surface area contributed by atoms with Gasteiger partial charge in [-0.1, -0.05) is 12.1 Å². The zero-order valence-corrected chi connectivity index (χ0v) is 12.2. The van der Waals surface area contributed by atoms with E-state index in [0.717, 1.165) is 5.56 Å². The van der Waals surface area contributed by atoms with Crippen LogP contribution in [0.1, 0.15) is 5.56 Å². The van der Waals surface area contributed by atoms with E-state index in [4.69, 9.17) is 4.74 Å². The van der Waals surface area contributed by atoms with Gasteiger partial charge in [0.05, 0.1) is 0 Å². The van der Waals surface area contributed by atoms with Gasteiger partial charge in [0.2, 0.25) is 0 Å². The van der Waals surface area contributed by atoms with E-state index in [1.54, 1.807) is 18.2 Å². The number of halogens is 2. The Hall–Kier alpha value is -0.584. The fraction of sp³-hybridized carbons (Fsp3) is 0.0769. The van der Waals surface area contributed by atoms with Crippen LogP contribution < -0.4 is 21.7 Å². The van der Waals surface area contributed by atoms with Crippen molar-refractivity contribution >= 4 is 23.1 Å². The Morgan fingerprint density at radius 2 is 1.76 bits per heavy atom. The molecule has 2 aromatic carbocycles. The third-order valence-electron chi connectivity index (χ3n) is 1.99. The SMILES string of the molecule is Fc1ccc(COc2[c-]cccc2)cc1.[Br-].[Mg+2]. The molecule has 2 rings (SSSR count). The van der Waals surface area contributed by atoms with Crippen molar-refractivity contribution in [3.8, 4) is 5.75 Å². The molecule has 0 radical (unpaired) electrons. The minimum atomic E-state index is -0.231. The van der Waals surface area contributed by atoms with Gasteiger partial charge in [0.1, 0.15) is 12.4 Å². The zero-order valence-electron chi connectivity index (χ0n) is 9.20. The summed E-state index contributed by atoms with van der Waals surface area (Å²) < 4.78 is 18.1. The first-order valence-corrected chi connectivity index (χ1v) is 4.68. The summed E-state index contributed by atoms with van der Waals surface area (Å²) in [4.78, 5) is 0. The normalized spacial score (nSPS) is 8.76. The Morgan fingerprint density at radius 1 is 1.06 bits per heavy atom. The van der Waals surface area contributed by atoms with Gasteiger partial charge in [-0.15, -0.1) is 12.1 Å². The predicted molar refractivity (Wildman–Crippen MR) is 61.8 cm³/mol. The maximum Gasteiger partial charge on any atom is 2.00 e. The summed E-state index contributed by atoms with van der Waals surface area (Å²) >= 11 is 0. The van der Waals surface area contributed by atoms with Crippen molar-refractivity contribution in [2.45, 2.75) is 6.61 Å². The molecule has 1 nitrogen and oxygen atoms in total. The van der Waals surface area contributed by atoms with Gasteiger partial charge in [-0.3, -0.25) is 0 Å². The standard InChI is InChI=1S/C13H10FO.BrH.Mg/c14-12-8-6-11(7-9-12)10-15-13-4-2-1-3-5-13;;/h1-4,6-9H,10H2;1H;/q-1;;+2/p-1. The topological polar surface area (TPSA) is 9.23 Å². The van der Waals surface area contributed by atoms with Crippen molar-refractivity contribution in [1.82, 2.24) is 0 Å². The molecule has 2 aromatic rings. The smallest absolute Gasteiger partial charge is 1.00 e. The second-order valence-corrected chi connectivity index (χ2v) is 3.14. The molecule has 0 aliphatic rings. The van der Waals surface area contributed by atoms with E-state index < -0.39 is 0 Å². The van der Waals surface area contributed by atoms with Crippen molar-refractivity contribution in [2.24, 2.45) is 0 Å². The Kier molecular flexibility index (Phi) is 8.21. The number of hydrogen-bond acceptors (Lipinski definition) is 1. The summed E-state index contributed by atoms with van der Waals surface area (Å²) in [5, 5.41) is 0. The van der Waals surface area contributed by atoms with Crippen LogP contribution in [-0.4, -0.2) is 23.1 Å². The molecule has 4 heteroatoms. The van der Waals surface area contributed by atoms with Gasteiger partial charge in [0.15, 0.2) is 0 Å². The zero-order chi connectivity index (χ0) is 10.5. The predicted octanol–water partition coefficient (Wildman–Crippen LogP) is -0.172. The van der Waals surface area contributed by atoms with Crippen LogP contribution in [-0.2, 0) is 6.61 Å². The van der Waals surface area contributed by atoms with Crippen LogP contribution in [0.15, 0.2) is 48.5 Å². The summed E-state index contributed by atoms with van der Waals surface area (Å²) in [6, 6.07) is 16.6. The van der Waals surface area contributed by atoms with Crippen molar-refractivity contribution in [2.75, 3.05) is 0 Å². The van der Waals surface area contributed by atoms with Crippen LogP contribution in [0.5, 0.6) is 5.75 Å².